The summed E-state index contributed by atoms with van der Waals surface area (Å²) in [5.74, 6) is -0.201. The molecule has 0 saturated carbocycles. The smallest absolute Gasteiger partial charge is 0.251 e. The average molecular weight is 298 g/mol. The van der Waals surface area contributed by atoms with E-state index in [2.05, 4.69) is 10.3 Å². The number of fused-ring (bicyclic) bond motifs is 1. The quantitative estimate of drug-likeness (QED) is 0.778. The van der Waals surface area contributed by atoms with Gasteiger partial charge in [0.15, 0.2) is 0 Å². The molecule has 106 valence electrons. The molecule has 2 N–H and O–H groups in total. The Morgan fingerprint density at radius 3 is 2.81 bits per heavy atom. The van der Waals surface area contributed by atoms with Crippen LogP contribution in [0.2, 0.25) is 0 Å². The summed E-state index contributed by atoms with van der Waals surface area (Å²) in [5.41, 5.74) is 4.10. The van der Waals surface area contributed by atoms with E-state index >= 15 is 0 Å². The third kappa shape index (κ3) is 2.94. The van der Waals surface area contributed by atoms with E-state index in [-0.39, 0.29) is 12.5 Å². The summed E-state index contributed by atoms with van der Waals surface area (Å²) in [5, 5.41) is 12.3. The first kappa shape index (κ1) is 13.7. The van der Waals surface area contributed by atoms with E-state index in [0.717, 1.165) is 15.8 Å². The number of rotatable bonds is 4. The van der Waals surface area contributed by atoms with Gasteiger partial charge < -0.3 is 10.4 Å². The lowest BCUT2D eigenvalue weighted by atomic mass is 10.1. The maximum Gasteiger partial charge on any atom is 0.251 e. The van der Waals surface area contributed by atoms with E-state index < -0.39 is 6.04 Å². The maximum atomic E-state index is 12.3. The number of hydrogen-bond donors (Lipinski definition) is 2. The van der Waals surface area contributed by atoms with Crippen molar-refractivity contribution in [2.45, 2.75) is 6.04 Å². The van der Waals surface area contributed by atoms with Crippen LogP contribution in [0.25, 0.3) is 10.2 Å². The van der Waals surface area contributed by atoms with Crippen molar-refractivity contribution in [1.82, 2.24) is 10.3 Å². The number of nitrogens with zero attached hydrogens (tertiary/aromatic N) is 1. The highest BCUT2D eigenvalue weighted by Gasteiger charge is 2.15. The molecule has 0 saturated heterocycles. The SMILES string of the molecule is O=C(N[C@@H](CO)c1ccccc1)c1ccc2ncsc2c1. The molecule has 1 aromatic heterocycles. The van der Waals surface area contributed by atoms with Crippen LogP contribution in [0.3, 0.4) is 0 Å². The Kier molecular flexibility index (Phi) is 3.94. The highest BCUT2D eigenvalue weighted by molar-refractivity contribution is 7.16. The van der Waals surface area contributed by atoms with E-state index in [9.17, 15) is 9.90 Å². The number of thiazole rings is 1. The molecule has 0 aliphatic carbocycles. The van der Waals surface area contributed by atoms with Gasteiger partial charge >= 0.3 is 0 Å². The van der Waals surface area contributed by atoms with E-state index in [1.165, 1.54) is 11.3 Å². The van der Waals surface area contributed by atoms with E-state index in [4.69, 9.17) is 0 Å². The van der Waals surface area contributed by atoms with E-state index in [1.807, 2.05) is 42.5 Å². The molecule has 0 spiro atoms. The second-order valence-corrected chi connectivity index (χ2v) is 5.54. The molecule has 0 radical (unpaired) electrons. The van der Waals surface area contributed by atoms with Gasteiger partial charge in [-0.3, -0.25) is 4.79 Å². The number of aromatic nitrogens is 1. The van der Waals surface area contributed by atoms with Crippen molar-refractivity contribution >= 4 is 27.5 Å². The Balaban J connectivity index is 1.81. The van der Waals surface area contributed by atoms with Gasteiger partial charge in [0.1, 0.15) is 0 Å². The maximum absolute atomic E-state index is 12.3. The minimum atomic E-state index is -0.407. The number of amides is 1. The van der Waals surface area contributed by atoms with Crippen LogP contribution in [0, 0.1) is 0 Å². The number of aliphatic hydroxyl groups is 1. The highest BCUT2D eigenvalue weighted by atomic mass is 32.1. The molecule has 0 aliphatic heterocycles. The van der Waals surface area contributed by atoms with Crippen molar-refractivity contribution in [3.8, 4) is 0 Å². The summed E-state index contributed by atoms with van der Waals surface area (Å²) in [6.07, 6.45) is 0. The first-order valence-corrected chi connectivity index (χ1v) is 7.46. The van der Waals surface area contributed by atoms with Crippen molar-refractivity contribution in [3.05, 3.63) is 65.2 Å². The molecule has 1 atom stereocenters. The molecule has 1 amide bonds. The summed E-state index contributed by atoms with van der Waals surface area (Å²) in [6, 6.07) is 14.4. The van der Waals surface area contributed by atoms with Gasteiger partial charge in [-0.2, -0.15) is 0 Å². The van der Waals surface area contributed by atoms with Crippen molar-refractivity contribution in [2.24, 2.45) is 0 Å². The standard InChI is InChI=1S/C16H14N2O2S/c19-9-14(11-4-2-1-3-5-11)18-16(20)12-6-7-13-15(8-12)21-10-17-13/h1-8,10,14,19H,9H2,(H,18,20)/t14-/m0/s1. The first-order chi connectivity index (χ1) is 10.3. The fourth-order valence-electron chi connectivity index (χ4n) is 2.16. The Hall–Kier alpha value is -2.24. The average Bonchev–Trinajstić information content (AvgIpc) is 3.00. The fraction of sp³-hybridized carbons (Fsp3) is 0.125. The summed E-state index contributed by atoms with van der Waals surface area (Å²) >= 11 is 1.50. The first-order valence-electron chi connectivity index (χ1n) is 6.58. The Morgan fingerprint density at radius 1 is 1.24 bits per heavy atom. The topological polar surface area (TPSA) is 62.2 Å². The second-order valence-electron chi connectivity index (χ2n) is 4.65. The van der Waals surface area contributed by atoms with Crippen LogP contribution in [0.1, 0.15) is 22.0 Å². The molecule has 1 heterocycles. The normalized spacial score (nSPS) is 12.2. The highest BCUT2D eigenvalue weighted by Crippen LogP contribution is 2.20. The van der Waals surface area contributed by atoms with Gasteiger partial charge in [0.25, 0.3) is 5.91 Å². The summed E-state index contributed by atoms with van der Waals surface area (Å²) in [7, 11) is 0. The lowest BCUT2D eigenvalue weighted by Gasteiger charge is -2.16. The third-order valence-corrected chi connectivity index (χ3v) is 4.08. The fourth-order valence-corrected chi connectivity index (χ4v) is 2.87. The lowest BCUT2D eigenvalue weighted by molar-refractivity contribution is 0.0916. The van der Waals surface area contributed by atoms with Gasteiger partial charge in [-0.15, -0.1) is 11.3 Å². The van der Waals surface area contributed by atoms with Crippen molar-refractivity contribution in [2.75, 3.05) is 6.61 Å². The number of benzene rings is 2. The molecular weight excluding hydrogens is 284 g/mol. The Morgan fingerprint density at radius 2 is 2.05 bits per heavy atom. The largest absolute Gasteiger partial charge is 0.394 e. The molecule has 21 heavy (non-hydrogen) atoms. The molecule has 0 bridgehead atoms. The van der Waals surface area contributed by atoms with Gasteiger partial charge in [0, 0.05) is 5.56 Å². The molecule has 2 aromatic carbocycles. The van der Waals surface area contributed by atoms with Crippen LogP contribution < -0.4 is 5.32 Å². The molecule has 5 heteroatoms. The molecule has 0 aliphatic rings. The predicted molar refractivity (Wildman–Crippen MR) is 83.4 cm³/mol. The lowest BCUT2D eigenvalue weighted by Crippen LogP contribution is -2.30. The van der Waals surface area contributed by atoms with Crippen LogP contribution in [0.15, 0.2) is 54.0 Å². The van der Waals surface area contributed by atoms with Gasteiger partial charge in [0.2, 0.25) is 0 Å². The Labute approximate surface area is 126 Å². The molecule has 3 aromatic rings. The zero-order chi connectivity index (χ0) is 14.7. The molecule has 4 nitrogen and oxygen atoms in total. The summed E-state index contributed by atoms with van der Waals surface area (Å²) < 4.78 is 0.975. The number of carbonyl (C=O) groups excluding carboxylic acids is 1. The summed E-state index contributed by atoms with van der Waals surface area (Å²) in [4.78, 5) is 16.5. The second kappa shape index (κ2) is 6.03. The zero-order valence-electron chi connectivity index (χ0n) is 11.2. The van der Waals surface area contributed by atoms with Gasteiger partial charge in [0.05, 0.1) is 28.4 Å². The zero-order valence-corrected chi connectivity index (χ0v) is 12.0. The van der Waals surface area contributed by atoms with Crippen LogP contribution in [-0.4, -0.2) is 22.6 Å². The van der Waals surface area contributed by atoms with Gasteiger partial charge in [-0.25, -0.2) is 4.98 Å². The minimum absolute atomic E-state index is 0.140. The number of carbonyl (C=O) groups is 1. The molecule has 0 fully saturated rings. The van der Waals surface area contributed by atoms with Gasteiger partial charge in [-0.1, -0.05) is 30.3 Å². The number of hydrogen-bond acceptors (Lipinski definition) is 4. The van der Waals surface area contributed by atoms with E-state index in [0.29, 0.717) is 5.56 Å². The monoisotopic (exact) mass is 298 g/mol. The van der Waals surface area contributed by atoms with Crippen LogP contribution >= 0.6 is 11.3 Å². The Bertz CT molecular complexity index is 755. The van der Waals surface area contributed by atoms with Crippen molar-refractivity contribution in [3.63, 3.8) is 0 Å². The van der Waals surface area contributed by atoms with Crippen molar-refractivity contribution < 1.29 is 9.90 Å². The number of nitrogens with one attached hydrogen (secondary N) is 1. The minimum Gasteiger partial charge on any atom is -0.394 e. The molecule has 0 unspecified atom stereocenters. The van der Waals surface area contributed by atoms with Gasteiger partial charge in [-0.05, 0) is 23.8 Å². The molecular formula is C16H14N2O2S. The summed E-state index contributed by atoms with van der Waals surface area (Å²) in [6.45, 7) is -0.140. The van der Waals surface area contributed by atoms with Crippen LogP contribution in [-0.2, 0) is 0 Å². The van der Waals surface area contributed by atoms with E-state index in [1.54, 1.807) is 11.6 Å². The van der Waals surface area contributed by atoms with Crippen molar-refractivity contribution in [1.29, 1.82) is 0 Å². The van der Waals surface area contributed by atoms with Crippen LogP contribution in [0.5, 0.6) is 0 Å². The number of aliphatic hydroxyl groups excluding tert-OH is 1. The van der Waals surface area contributed by atoms with Crippen LogP contribution in [0.4, 0.5) is 0 Å². The third-order valence-electron chi connectivity index (χ3n) is 3.28. The predicted octanol–water partition coefficient (Wildman–Crippen LogP) is 2.76. The molecule has 3 rings (SSSR count).